The van der Waals surface area contributed by atoms with Crippen molar-refractivity contribution in [3.8, 4) is 0 Å². The van der Waals surface area contributed by atoms with Crippen LogP contribution in [0.15, 0.2) is 71.6 Å². The van der Waals surface area contributed by atoms with Gasteiger partial charge in [-0.15, -0.1) is 0 Å². The van der Waals surface area contributed by atoms with Crippen LogP contribution in [0, 0.1) is 12.7 Å². The Morgan fingerprint density at radius 1 is 1.02 bits per heavy atom. The van der Waals surface area contributed by atoms with Crippen LogP contribution in [0.5, 0.6) is 0 Å². The van der Waals surface area contributed by atoms with E-state index in [9.17, 15) is 13.2 Å². The van der Waals surface area contributed by atoms with E-state index in [2.05, 4.69) is 69.8 Å². The smallest absolute Gasteiger partial charge is 0.263 e. The van der Waals surface area contributed by atoms with E-state index in [4.69, 9.17) is 16.6 Å². The van der Waals surface area contributed by atoms with Crippen LogP contribution in [0.2, 0.25) is 5.02 Å². The number of carbonyl (C=O) groups excluding carboxylic acids is 1. The van der Waals surface area contributed by atoms with Gasteiger partial charge in [0.05, 0.1) is 28.7 Å². The van der Waals surface area contributed by atoms with Gasteiger partial charge in [0.15, 0.2) is 0 Å². The molecule has 3 fully saturated rings. The number of halogens is 2. The third kappa shape index (κ3) is 6.04. The van der Waals surface area contributed by atoms with Gasteiger partial charge in [-0.05, 0) is 93.7 Å². The number of aromatic nitrogens is 2. The molecule has 1 unspecified atom stereocenters. The van der Waals surface area contributed by atoms with Crippen LogP contribution in [0.25, 0.3) is 11.0 Å². The number of aryl methyl sites for hydroxylation is 1. The molecule has 3 aliphatic heterocycles. The standard InChI is InChI=1S/C36H41ClFN5O4S/c1-24-39-32-10-6-7-11-33(32)43(24)28-20-26-12-13-27(21-28)42(26)19-16-36(25-8-4-3-5-9-25)14-17-41(18-15-36)35(44)29-22-34(30(37)23-31(29)38)48(45,46)40-47-2/h3-11,22-23,26-28,40H,12-21H2,1-2H3/t26-,27+,28?. The molecule has 3 aromatic carbocycles. The Bertz CT molecular complexity index is 1920. The van der Waals surface area contributed by atoms with Crippen molar-refractivity contribution in [3.63, 3.8) is 0 Å². The molecule has 12 heteroatoms. The van der Waals surface area contributed by atoms with Crippen molar-refractivity contribution >= 4 is 38.6 Å². The van der Waals surface area contributed by atoms with Crippen molar-refractivity contribution in [2.24, 2.45) is 0 Å². The predicted molar refractivity (Wildman–Crippen MR) is 183 cm³/mol. The summed E-state index contributed by atoms with van der Waals surface area (Å²) in [5.41, 5.74) is 3.08. The van der Waals surface area contributed by atoms with Crippen LogP contribution in [0.1, 0.15) is 72.7 Å². The number of nitrogens with zero attached hydrogens (tertiary/aromatic N) is 4. The number of rotatable bonds is 9. The molecule has 3 atom stereocenters. The number of nitrogens with one attached hydrogen (secondary N) is 1. The summed E-state index contributed by atoms with van der Waals surface area (Å²) < 4.78 is 42.7. The average Bonchev–Trinajstić information content (AvgIpc) is 3.54. The molecule has 0 aliphatic carbocycles. The second kappa shape index (κ2) is 13.2. The molecule has 1 amide bonds. The van der Waals surface area contributed by atoms with Crippen molar-refractivity contribution < 1.29 is 22.4 Å². The molecule has 1 aromatic heterocycles. The van der Waals surface area contributed by atoms with E-state index in [0.29, 0.717) is 31.2 Å². The maximum Gasteiger partial charge on any atom is 0.263 e. The number of sulfonamides is 1. The highest BCUT2D eigenvalue weighted by atomic mass is 35.5. The molecule has 7 rings (SSSR count). The number of likely N-dealkylation sites (tertiary alicyclic amines) is 1. The van der Waals surface area contributed by atoms with E-state index >= 15 is 4.39 Å². The van der Waals surface area contributed by atoms with Crippen LogP contribution < -0.4 is 4.89 Å². The first-order valence-electron chi connectivity index (χ1n) is 16.7. The quantitative estimate of drug-likeness (QED) is 0.204. The summed E-state index contributed by atoms with van der Waals surface area (Å²) >= 11 is 6.06. The Morgan fingerprint density at radius 3 is 2.38 bits per heavy atom. The van der Waals surface area contributed by atoms with Crippen molar-refractivity contribution in [2.45, 2.75) is 80.3 Å². The zero-order chi connectivity index (χ0) is 33.6. The number of benzene rings is 3. The lowest BCUT2D eigenvalue weighted by Crippen LogP contribution is -2.49. The summed E-state index contributed by atoms with van der Waals surface area (Å²) in [7, 11) is -3.06. The van der Waals surface area contributed by atoms with Gasteiger partial charge in [-0.1, -0.05) is 59.0 Å². The maximum atomic E-state index is 15.1. The molecule has 0 spiro atoms. The van der Waals surface area contributed by atoms with Gasteiger partial charge in [0.1, 0.15) is 16.5 Å². The lowest BCUT2D eigenvalue weighted by atomic mass is 9.70. The van der Waals surface area contributed by atoms with Gasteiger partial charge < -0.3 is 9.47 Å². The Labute approximate surface area is 286 Å². The maximum absolute atomic E-state index is 15.1. The van der Waals surface area contributed by atoms with Crippen molar-refractivity contribution in [3.05, 3.63) is 94.5 Å². The fraction of sp³-hybridized carbons (Fsp3) is 0.444. The molecule has 0 saturated carbocycles. The fourth-order valence-corrected chi connectivity index (χ4v) is 9.98. The van der Waals surface area contributed by atoms with Gasteiger partial charge in [-0.2, -0.15) is 0 Å². The Hall–Kier alpha value is -3.35. The molecule has 2 bridgehead atoms. The third-order valence-electron chi connectivity index (χ3n) is 11.0. The zero-order valence-corrected chi connectivity index (χ0v) is 28.8. The molecule has 3 aliphatic rings. The Kier molecular flexibility index (Phi) is 9.10. The molecule has 254 valence electrons. The highest BCUT2D eigenvalue weighted by molar-refractivity contribution is 7.89. The summed E-state index contributed by atoms with van der Waals surface area (Å²) in [6, 6.07) is 22.3. The van der Waals surface area contributed by atoms with Crippen molar-refractivity contribution in [1.29, 1.82) is 0 Å². The first-order chi connectivity index (χ1) is 23.1. The van der Waals surface area contributed by atoms with Crippen molar-refractivity contribution in [1.82, 2.24) is 24.2 Å². The lowest BCUT2D eigenvalue weighted by Gasteiger charge is -2.45. The third-order valence-corrected chi connectivity index (χ3v) is 12.7. The average molecular weight is 694 g/mol. The monoisotopic (exact) mass is 693 g/mol. The lowest BCUT2D eigenvalue weighted by molar-refractivity contribution is 0.0603. The number of piperidine rings is 2. The minimum atomic E-state index is -4.20. The van der Waals surface area contributed by atoms with Crippen LogP contribution in [-0.2, 0) is 20.3 Å². The van der Waals surface area contributed by atoms with Crippen LogP contribution in [0.4, 0.5) is 4.39 Å². The highest BCUT2D eigenvalue weighted by Crippen LogP contribution is 2.45. The topological polar surface area (TPSA) is 96.8 Å². The molecular formula is C36H41ClFN5O4S. The molecule has 4 heterocycles. The number of amides is 1. The summed E-state index contributed by atoms with van der Waals surface area (Å²) in [6.45, 7) is 3.95. The number of imidazole rings is 1. The molecule has 4 aromatic rings. The minimum absolute atomic E-state index is 0.138. The number of hydrogen-bond acceptors (Lipinski definition) is 6. The summed E-state index contributed by atoms with van der Waals surface area (Å²) in [6.07, 6.45) is 7.05. The van der Waals surface area contributed by atoms with Crippen LogP contribution in [-0.4, -0.2) is 72.5 Å². The zero-order valence-electron chi connectivity index (χ0n) is 27.2. The van der Waals surface area contributed by atoms with Crippen LogP contribution >= 0.6 is 11.6 Å². The number of para-hydroxylation sites is 2. The van der Waals surface area contributed by atoms with Gasteiger partial charge in [-0.25, -0.2) is 17.8 Å². The van der Waals surface area contributed by atoms with Gasteiger partial charge in [0, 0.05) is 31.2 Å². The van der Waals surface area contributed by atoms with Gasteiger partial charge in [-0.3, -0.25) is 14.5 Å². The molecule has 48 heavy (non-hydrogen) atoms. The SMILES string of the molecule is CONS(=O)(=O)c1cc(C(=O)N2CCC(CCN3[C@@H]4CC[C@H]3CC(n3c(C)nc5ccccc53)C4)(c3ccccc3)CC2)c(F)cc1Cl. The molecule has 3 saturated heterocycles. The largest absolute Gasteiger partial charge is 0.338 e. The summed E-state index contributed by atoms with van der Waals surface area (Å²) in [5.74, 6) is -0.331. The second-order valence-corrected chi connectivity index (χ2v) is 15.5. The van der Waals surface area contributed by atoms with E-state index < -0.39 is 26.6 Å². The Morgan fingerprint density at radius 2 is 1.69 bits per heavy atom. The number of hydrogen-bond donors (Lipinski definition) is 1. The normalized spacial score (nSPS) is 22.8. The first kappa shape index (κ1) is 33.2. The van der Waals surface area contributed by atoms with Gasteiger partial charge in [0.2, 0.25) is 0 Å². The van der Waals surface area contributed by atoms with Crippen molar-refractivity contribution in [2.75, 3.05) is 26.7 Å². The molecule has 9 nitrogen and oxygen atoms in total. The highest BCUT2D eigenvalue weighted by Gasteiger charge is 2.44. The summed E-state index contributed by atoms with van der Waals surface area (Å²) in [5, 5.41) is -0.332. The van der Waals surface area contributed by atoms with Crippen LogP contribution in [0.3, 0.4) is 0 Å². The Balaban J connectivity index is 1.07. The number of fused-ring (bicyclic) bond motifs is 3. The first-order valence-corrected chi connectivity index (χ1v) is 18.5. The second-order valence-electron chi connectivity index (χ2n) is 13.5. The molecule has 1 N–H and O–H groups in total. The van der Waals surface area contributed by atoms with E-state index in [1.807, 2.05) is 11.0 Å². The van der Waals surface area contributed by atoms with E-state index in [0.717, 1.165) is 69.2 Å². The van der Waals surface area contributed by atoms with Gasteiger partial charge >= 0.3 is 0 Å². The van der Waals surface area contributed by atoms with E-state index in [1.165, 1.54) is 23.9 Å². The van der Waals surface area contributed by atoms with Gasteiger partial charge in [0.25, 0.3) is 15.9 Å². The summed E-state index contributed by atoms with van der Waals surface area (Å²) in [4.78, 5) is 28.9. The minimum Gasteiger partial charge on any atom is -0.338 e. The van der Waals surface area contributed by atoms with E-state index in [1.54, 1.807) is 4.90 Å². The fourth-order valence-electron chi connectivity index (χ4n) is 8.63. The predicted octanol–water partition coefficient (Wildman–Crippen LogP) is 6.41. The molecular weight excluding hydrogens is 653 g/mol. The number of carbonyl (C=O) groups is 1. The molecule has 0 radical (unpaired) electrons. The van der Waals surface area contributed by atoms with E-state index in [-0.39, 0.29) is 16.0 Å².